The second-order valence-corrected chi connectivity index (χ2v) is 5.86. The molecule has 0 saturated heterocycles. The third-order valence-electron chi connectivity index (χ3n) is 2.90. The Hall–Kier alpha value is -1.85. The molecular formula is C15H14ClNO3S. The van der Waals surface area contributed by atoms with Gasteiger partial charge in [0.15, 0.2) is 0 Å². The molecular weight excluding hydrogens is 310 g/mol. The summed E-state index contributed by atoms with van der Waals surface area (Å²) in [5, 5.41) is 12.7. The number of benzene rings is 1. The maximum absolute atomic E-state index is 12.2. The summed E-state index contributed by atoms with van der Waals surface area (Å²) in [7, 11) is 0. The van der Waals surface area contributed by atoms with E-state index in [-0.39, 0.29) is 6.42 Å². The molecule has 1 aromatic carbocycles. The summed E-state index contributed by atoms with van der Waals surface area (Å²) in [5.41, 5.74) is 0.678. The van der Waals surface area contributed by atoms with Crippen molar-refractivity contribution in [3.8, 4) is 0 Å². The van der Waals surface area contributed by atoms with Crippen LogP contribution in [0.3, 0.4) is 0 Å². The third kappa shape index (κ3) is 4.31. The van der Waals surface area contributed by atoms with Gasteiger partial charge in [-0.15, -0.1) is 22.9 Å². The zero-order chi connectivity index (χ0) is 15.2. The SMILES string of the molecule is O=C(O)CC(NC(=O)C(Cl)c1ccccc1)c1cccs1. The average molecular weight is 324 g/mol. The van der Waals surface area contributed by atoms with Crippen LogP contribution < -0.4 is 5.32 Å². The highest BCUT2D eigenvalue weighted by molar-refractivity contribution is 7.10. The zero-order valence-electron chi connectivity index (χ0n) is 11.0. The standard InChI is InChI=1S/C15H14ClNO3S/c16-14(10-5-2-1-3-6-10)15(20)17-11(9-13(18)19)12-7-4-8-21-12/h1-8,11,14H,9H2,(H,17,20)(H,18,19). The molecule has 0 aliphatic carbocycles. The lowest BCUT2D eigenvalue weighted by molar-refractivity contribution is -0.137. The minimum atomic E-state index is -0.973. The van der Waals surface area contributed by atoms with Gasteiger partial charge < -0.3 is 10.4 Å². The zero-order valence-corrected chi connectivity index (χ0v) is 12.6. The minimum absolute atomic E-state index is 0.176. The lowest BCUT2D eigenvalue weighted by Crippen LogP contribution is -2.32. The number of hydrogen-bond donors (Lipinski definition) is 2. The van der Waals surface area contributed by atoms with Crippen molar-refractivity contribution in [2.24, 2.45) is 0 Å². The number of nitrogens with one attached hydrogen (secondary N) is 1. The number of carbonyl (C=O) groups excluding carboxylic acids is 1. The van der Waals surface area contributed by atoms with Gasteiger partial charge in [-0.1, -0.05) is 36.4 Å². The summed E-state index contributed by atoms with van der Waals surface area (Å²) in [6, 6.07) is 12.0. The Kier molecular flexibility index (Phi) is 5.36. The quantitative estimate of drug-likeness (QED) is 0.801. The van der Waals surface area contributed by atoms with Crippen molar-refractivity contribution in [2.75, 3.05) is 0 Å². The molecule has 0 spiro atoms. The highest BCUT2D eigenvalue weighted by atomic mass is 35.5. The van der Waals surface area contributed by atoms with Crippen molar-refractivity contribution in [1.82, 2.24) is 5.32 Å². The summed E-state index contributed by atoms with van der Waals surface area (Å²) in [6.07, 6.45) is -0.176. The molecule has 1 aromatic heterocycles. The van der Waals surface area contributed by atoms with Crippen molar-refractivity contribution in [3.05, 3.63) is 58.3 Å². The summed E-state index contributed by atoms with van der Waals surface area (Å²) >= 11 is 7.54. The van der Waals surface area contributed by atoms with E-state index in [0.717, 1.165) is 4.88 Å². The first-order valence-electron chi connectivity index (χ1n) is 6.32. The molecule has 2 atom stereocenters. The average Bonchev–Trinajstić information content (AvgIpc) is 3.00. The third-order valence-corrected chi connectivity index (χ3v) is 4.34. The first-order chi connectivity index (χ1) is 10.1. The van der Waals surface area contributed by atoms with Crippen molar-refractivity contribution in [3.63, 3.8) is 0 Å². The predicted molar refractivity (Wildman–Crippen MR) is 82.5 cm³/mol. The molecule has 1 heterocycles. The summed E-state index contributed by atoms with van der Waals surface area (Å²) in [4.78, 5) is 23.9. The van der Waals surface area contributed by atoms with Gasteiger partial charge in [-0.25, -0.2) is 0 Å². The molecule has 0 fully saturated rings. The number of carboxylic acid groups (broad SMARTS) is 1. The molecule has 2 N–H and O–H groups in total. The summed E-state index contributed by atoms with van der Waals surface area (Å²) < 4.78 is 0. The fraction of sp³-hybridized carbons (Fsp3) is 0.200. The van der Waals surface area contributed by atoms with Gasteiger partial charge in [-0.05, 0) is 17.0 Å². The minimum Gasteiger partial charge on any atom is -0.481 e. The second kappa shape index (κ2) is 7.24. The number of carboxylic acids is 1. The van der Waals surface area contributed by atoms with Crippen LogP contribution in [-0.4, -0.2) is 17.0 Å². The van der Waals surface area contributed by atoms with Crippen LogP contribution in [0.2, 0.25) is 0 Å². The number of aliphatic carboxylic acids is 1. The van der Waals surface area contributed by atoms with E-state index in [4.69, 9.17) is 16.7 Å². The molecule has 0 bridgehead atoms. The topological polar surface area (TPSA) is 66.4 Å². The summed E-state index contributed by atoms with van der Waals surface area (Å²) in [6.45, 7) is 0. The lowest BCUT2D eigenvalue weighted by Gasteiger charge is -2.18. The molecule has 21 heavy (non-hydrogen) atoms. The van der Waals surface area contributed by atoms with Crippen molar-refractivity contribution in [1.29, 1.82) is 0 Å². The molecule has 2 unspecified atom stereocenters. The largest absolute Gasteiger partial charge is 0.481 e. The number of alkyl halides is 1. The Bertz CT molecular complexity index is 601. The molecule has 110 valence electrons. The monoisotopic (exact) mass is 323 g/mol. The summed E-state index contributed by atoms with van der Waals surface area (Å²) in [5.74, 6) is -1.37. The number of rotatable bonds is 6. The van der Waals surface area contributed by atoms with Gasteiger partial charge in [0, 0.05) is 4.88 Å². The van der Waals surface area contributed by atoms with E-state index < -0.39 is 23.3 Å². The molecule has 2 aromatic rings. The number of halogens is 1. The van der Waals surface area contributed by atoms with Crippen LogP contribution in [0.4, 0.5) is 0 Å². The normalized spacial score (nSPS) is 13.4. The van der Waals surface area contributed by atoms with E-state index in [1.807, 2.05) is 17.5 Å². The van der Waals surface area contributed by atoms with E-state index in [9.17, 15) is 9.59 Å². The molecule has 0 aliphatic rings. The first kappa shape index (κ1) is 15.5. The number of amides is 1. The van der Waals surface area contributed by atoms with Gasteiger partial charge in [-0.3, -0.25) is 9.59 Å². The molecule has 1 amide bonds. The fourth-order valence-corrected chi connectivity index (χ4v) is 2.89. The predicted octanol–water partition coefficient (Wildman–Crippen LogP) is 3.36. The van der Waals surface area contributed by atoms with Crippen LogP contribution >= 0.6 is 22.9 Å². The van der Waals surface area contributed by atoms with Gasteiger partial charge in [0.1, 0.15) is 5.38 Å². The van der Waals surface area contributed by atoms with Gasteiger partial charge in [-0.2, -0.15) is 0 Å². The first-order valence-corrected chi connectivity index (χ1v) is 7.64. The molecule has 0 aliphatic heterocycles. The number of carbonyl (C=O) groups is 2. The fourth-order valence-electron chi connectivity index (χ4n) is 1.91. The van der Waals surface area contributed by atoms with Crippen molar-refractivity contribution in [2.45, 2.75) is 17.8 Å². The molecule has 0 radical (unpaired) electrons. The van der Waals surface area contributed by atoms with E-state index in [1.165, 1.54) is 11.3 Å². The van der Waals surface area contributed by atoms with Crippen LogP contribution in [0.5, 0.6) is 0 Å². The van der Waals surface area contributed by atoms with Crippen LogP contribution in [0.1, 0.15) is 28.3 Å². The lowest BCUT2D eigenvalue weighted by atomic mass is 10.1. The van der Waals surface area contributed by atoms with E-state index in [2.05, 4.69) is 5.32 Å². The van der Waals surface area contributed by atoms with Crippen LogP contribution in [0.15, 0.2) is 47.8 Å². The number of hydrogen-bond acceptors (Lipinski definition) is 3. The van der Waals surface area contributed by atoms with E-state index in [0.29, 0.717) is 5.56 Å². The molecule has 0 saturated carbocycles. The Labute approximate surface area is 131 Å². The van der Waals surface area contributed by atoms with Gasteiger partial charge in [0.2, 0.25) is 5.91 Å². The Morgan fingerprint density at radius 1 is 1.19 bits per heavy atom. The molecule has 6 heteroatoms. The van der Waals surface area contributed by atoms with E-state index >= 15 is 0 Å². The Morgan fingerprint density at radius 2 is 1.90 bits per heavy atom. The van der Waals surface area contributed by atoms with Crippen LogP contribution in [-0.2, 0) is 9.59 Å². The van der Waals surface area contributed by atoms with Crippen LogP contribution in [0, 0.1) is 0 Å². The molecule has 4 nitrogen and oxygen atoms in total. The van der Waals surface area contributed by atoms with Gasteiger partial charge in [0.25, 0.3) is 0 Å². The Balaban J connectivity index is 2.09. The van der Waals surface area contributed by atoms with E-state index in [1.54, 1.807) is 30.3 Å². The highest BCUT2D eigenvalue weighted by Crippen LogP contribution is 2.25. The van der Waals surface area contributed by atoms with Gasteiger partial charge >= 0.3 is 5.97 Å². The van der Waals surface area contributed by atoms with Gasteiger partial charge in [0.05, 0.1) is 12.5 Å². The maximum Gasteiger partial charge on any atom is 0.305 e. The Morgan fingerprint density at radius 3 is 2.48 bits per heavy atom. The molecule has 2 rings (SSSR count). The maximum atomic E-state index is 12.2. The second-order valence-electron chi connectivity index (χ2n) is 4.45. The van der Waals surface area contributed by atoms with Crippen molar-refractivity contribution >= 4 is 34.8 Å². The highest BCUT2D eigenvalue weighted by Gasteiger charge is 2.24. The van der Waals surface area contributed by atoms with Crippen LogP contribution in [0.25, 0.3) is 0 Å². The van der Waals surface area contributed by atoms with Crippen molar-refractivity contribution < 1.29 is 14.7 Å². The number of thiophene rings is 1. The smallest absolute Gasteiger partial charge is 0.305 e.